The Balaban J connectivity index is 2.10. The van der Waals surface area contributed by atoms with Crippen LogP contribution in [0.15, 0.2) is 53.1 Å². The van der Waals surface area contributed by atoms with Gasteiger partial charge in [-0.25, -0.2) is 4.39 Å². The Hall–Kier alpha value is -2.68. The van der Waals surface area contributed by atoms with Gasteiger partial charge in [-0.3, -0.25) is 4.79 Å². The molecule has 0 bridgehead atoms. The van der Waals surface area contributed by atoms with Crippen LogP contribution in [0.25, 0.3) is 10.9 Å². The Bertz CT molecular complexity index is 1270. The summed E-state index contributed by atoms with van der Waals surface area (Å²) in [5, 5.41) is 14.5. The molecule has 2 aromatic carbocycles. The predicted molar refractivity (Wildman–Crippen MR) is 114 cm³/mol. The van der Waals surface area contributed by atoms with E-state index in [0.29, 0.717) is 10.1 Å². The standard InChI is InChI=1S/C20H10Br2F8N2O3/c21-12-7-11(18(25,19(22,26)27)20(28,29)30)8-14(35-17(23)24)15(12)31-16(33)10-4-3-9-2-1-5-32(34)13(9)6-10/h1-8,17H,(H,31,33). The summed E-state index contributed by atoms with van der Waals surface area (Å²) in [6, 6.07) is 7.03. The first-order valence-corrected chi connectivity index (χ1v) is 10.7. The van der Waals surface area contributed by atoms with Crippen molar-refractivity contribution in [1.29, 1.82) is 0 Å². The number of carbonyl (C=O) groups excluding carboxylic acids is 1. The first-order chi connectivity index (χ1) is 16.1. The Morgan fingerprint density at radius 3 is 2.29 bits per heavy atom. The molecule has 188 valence electrons. The average Bonchev–Trinajstić information content (AvgIpc) is 2.73. The molecule has 1 aromatic heterocycles. The van der Waals surface area contributed by atoms with Crippen LogP contribution in [0, 0.1) is 5.21 Å². The number of alkyl halides is 9. The van der Waals surface area contributed by atoms with Gasteiger partial charge in [-0.15, -0.1) is 0 Å². The fourth-order valence-corrected chi connectivity index (χ4v) is 4.08. The SMILES string of the molecule is O=C(Nc1c(Br)cc(C(F)(C(F)(F)F)C(F)(F)Br)cc1OC(F)F)c1ccc2ccc[n+]([O-])c2c1. The molecule has 15 heteroatoms. The average molecular weight is 638 g/mol. The smallest absolute Gasteiger partial charge is 0.433 e. The molecular weight excluding hydrogens is 628 g/mol. The highest BCUT2D eigenvalue weighted by atomic mass is 79.9. The molecule has 0 aliphatic heterocycles. The van der Waals surface area contributed by atoms with Crippen molar-refractivity contribution in [3.05, 3.63) is 69.5 Å². The van der Waals surface area contributed by atoms with E-state index in [9.17, 15) is 45.1 Å². The molecular formula is C20H10Br2F8N2O3. The van der Waals surface area contributed by atoms with Crippen LogP contribution in [-0.4, -0.2) is 23.5 Å². The van der Waals surface area contributed by atoms with Crippen LogP contribution in [0.2, 0.25) is 0 Å². The summed E-state index contributed by atoms with van der Waals surface area (Å²) in [6.07, 6.45) is -5.04. The number of nitrogens with zero attached hydrogens (tertiary/aromatic N) is 1. The molecule has 0 fully saturated rings. The third-order valence-electron chi connectivity index (χ3n) is 4.71. The van der Waals surface area contributed by atoms with E-state index < -0.39 is 50.7 Å². The second kappa shape index (κ2) is 9.41. The van der Waals surface area contributed by atoms with Crippen LogP contribution >= 0.6 is 31.9 Å². The second-order valence-electron chi connectivity index (χ2n) is 6.93. The maximum Gasteiger partial charge on any atom is 0.433 e. The molecule has 1 amide bonds. The van der Waals surface area contributed by atoms with Crippen LogP contribution in [-0.2, 0) is 5.67 Å². The van der Waals surface area contributed by atoms with E-state index in [4.69, 9.17) is 0 Å². The fourth-order valence-electron chi connectivity index (χ4n) is 3.09. The summed E-state index contributed by atoms with van der Waals surface area (Å²) in [7, 11) is 0. The number of fused-ring (bicyclic) bond motifs is 1. The highest BCUT2D eigenvalue weighted by molar-refractivity contribution is 9.10. The number of hydrogen-bond acceptors (Lipinski definition) is 3. The van der Waals surface area contributed by atoms with E-state index in [2.05, 4.69) is 26.0 Å². The van der Waals surface area contributed by atoms with Crippen molar-refractivity contribution < 1.29 is 49.4 Å². The molecule has 0 saturated heterocycles. The van der Waals surface area contributed by atoms with Gasteiger partial charge in [0.2, 0.25) is 5.52 Å². The molecule has 0 aliphatic rings. The normalized spacial score (nSPS) is 14.1. The lowest BCUT2D eigenvalue weighted by atomic mass is 9.94. The van der Waals surface area contributed by atoms with E-state index in [1.807, 2.05) is 0 Å². The van der Waals surface area contributed by atoms with E-state index >= 15 is 0 Å². The number of aromatic nitrogens is 1. The number of hydrogen-bond donors (Lipinski definition) is 1. The number of halogens is 10. The summed E-state index contributed by atoms with van der Waals surface area (Å²) in [6.45, 7) is -3.68. The van der Waals surface area contributed by atoms with Crippen molar-refractivity contribution >= 4 is 54.4 Å². The van der Waals surface area contributed by atoms with Gasteiger partial charge in [0.05, 0.1) is 5.69 Å². The topological polar surface area (TPSA) is 65.3 Å². The first-order valence-electron chi connectivity index (χ1n) is 9.10. The summed E-state index contributed by atoms with van der Waals surface area (Å²) >= 11 is 4.04. The van der Waals surface area contributed by atoms with E-state index in [1.54, 1.807) is 6.07 Å². The van der Waals surface area contributed by atoms with Crippen molar-refractivity contribution in [2.75, 3.05) is 5.32 Å². The molecule has 0 spiro atoms. The number of rotatable bonds is 6. The minimum atomic E-state index is -6.19. The largest absolute Gasteiger partial charge is 0.618 e. The third-order valence-corrected chi connectivity index (χ3v) is 5.89. The molecule has 0 saturated carbocycles. The highest BCUT2D eigenvalue weighted by Crippen LogP contribution is 2.56. The Morgan fingerprint density at radius 2 is 1.71 bits per heavy atom. The molecule has 3 aromatic rings. The van der Waals surface area contributed by atoms with E-state index in [1.165, 1.54) is 34.1 Å². The van der Waals surface area contributed by atoms with Crippen molar-refractivity contribution in [3.8, 4) is 5.75 Å². The van der Waals surface area contributed by atoms with Gasteiger partial charge in [0.15, 0.2) is 11.9 Å². The van der Waals surface area contributed by atoms with Gasteiger partial charge < -0.3 is 15.3 Å². The number of amides is 1. The molecule has 5 nitrogen and oxygen atoms in total. The lowest BCUT2D eigenvalue weighted by molar-refractivity contribution is -0.577. The number of ether oxygens (including phenoxy) is 1. The van der Waals surface area contributed by atoms with Crippen LogP contribution in [0.4, 0.5) is 40.8 Å². The zero-order chi connectivity index (χ0) is 26.3. The monoisotopic (exact) mass is 636 g/mol. The van der Waals surface area contributed by atoms with Gasteiger partial charge in [0.1, 0.15) is 0 Å². The number of nitrogens with one attached hydrogen (secondary N) is 1. The zero-order valence-corrected chi connectivity index (χ0v) is 19.8. The summed E-state index contributed by atoms with van der Waals surface area (Å²) in [5.74, 6) is -2.27. The number of pyridine rings is 1. The lowest BCUT2D eigenvalue weighted by Gasteiger charge is -2.32. The second-order valence-corrected chi connectivity index (χ2v) is 8.78. The van der Waals surface area contributed by atoms with Crippen molar-refractivity contribution in [3.63, 3.8) is 0 Å². The summed E-state index contributed by atoms with van der Waals surface area (Å²) in [5.41, 5.74) is -7.96. The van der Waals surface area contributed by atoms with Gasteiger partial charge >= 0.3 is 23.3 Å². The fraction of sp³-hybridized carbons (Fsp3) is 0.200. The van der Waals surface area contributed by atoms with Gasteiger partial charge in [0.25, 0.3) is 5.91 Å². The Kier molecular flexibility index (Phi) is 7.24. The van der Waals surface area contributed by atoms with Crippen molar-refractivity contribution in [2.45, 2.75) is 23.3 Å². The summed E-state index contributed by atoms with van der Waals surface area (Å²) in [4.78, 5) is 7.49. The minimum Gasteiger partial charge on any atom is -0.618 e. The van der Waals surface area contributed by atoms with Crippen molar-refractivity contribution in [1.82, 2.24) is 0 Å². The number of carbonyl (C=O) groups is 1. The van der Waals surface area contributed by atoms with Gasteiger partial charge in [-0.1, -0.05) is 0 Å². The molecule has 0 aliphatic carbocycles. The molecule has 1 N–H and O–H groups in total. The third kappa shape index (κ3) is 5.15. The molecule has 1 unspecified atom stereocenters. The van der Waals surface area contributed by atoms with E-state index in [0.717, 1.165) is 12.3 Å². The Morgan fingerprint density at radius 1 is 1.06 bits per heavy atom. The van der Waals surface area contributed by atoms with Gasteiger partial charge in [-0.2, -0.15) is 35.5 Å². The molecule has 0 radical (unpaired) electrons. The zero-order valence-electron chi connectivity index (χ0n) is 16.6. The van der Waals surface area contributed by atoms with Gasteiger partial charge in [0, 0.05) is 33.1 Å². The van der Waals surface area contributed by atoms with E-state index in [-0.39, 0.29) is 23.2 Å². The number of anilines is 1. The highest BCUT2D eigenvalue weighted by Gasteiger charge is 2.71. The maximum absolute atomic E-state index is 14.8. The van der Waals surface area contributed by atoms with Crippen LogP contribution in [0.1, 0.15) is 15.9 Å². The quantitative estimate of drug-likeness (QED) is 0.140. The number of benzene rings is 2. The van der Waals surface area contributed by atoms with Gasteiger partial charge in [-0.05, 0) is 62.2 Å². The maximum atomic E-state index is 14.8. The summed E-state index contributed by atoms with van der Waals surface area (Å²) < 4.78 is 112. The molecule has 1 heterocycles. The van der Waals surface area contributed by atoms with Crippen molar-refractivity contribution in [2.24, 2.45) is 0 Å². The lowest BCUT2D eigenvalue weighted by Crippen LogP contribution is -2.49. The van der Waals surface area contributed by atoms with Crippen LogP contribution < -0.4 is 14.8 Å². The minimum absolute atomic E-state index is 0.0266. The molecule has 3 rings (SSSR count). The molecule has 35 heavy (non-hydrogen) atoms. The molecule has 1 atom stereocenters. The first kappa shape index (κ1) is 26.9. The predicted octanol–water partition coefficient (Wildman–Crippen LogP) is 6.80. The Labute approximate surface area is 207 Å². The van der Waals surface area contributed by atoms with Crippen LogP contribution in [0.3, 0.4) is 0 Å². The van der Waals surface area contributed by atoms with Crippen LogP contribution in [0.5, 0.6) is 5.75 Å².